The number of benzene rings is 2. The molecule has 0 bridgehead atoms. The number of nitro benzene ring substituents is 1. The summed E-state index contributed by atoms with van der Waals surface area (Å²) >= 11 is 0. The molecule has 2 aromatic carbocycles. The maximum absolute atomic E-state index is 12.1. The molecule has 2 aromatic rings. The van der Waals surface area contributed by atoms with Crippen LogP contribution < -0.4 is 15.6 Å². The molecule has 2 N–H and O–H groups in total. The van der Waals surface area contributed by atoms with Crippen molar-refractivity contribution in [2.75, 3.05) is 0 Å². The van der Waals surface area contributed by atoms with E-state index in [-0.39, 0.29) is 22.9 Å². The van der Waals surface area contributed by atoms with Gasteiger partial charge in [-0.25, -0.2) is 0 Å². The molecule has 0 aliphatic heterocycles. The number of nitro groups is 1. The standard InChI is InChI=1S/C17H17N3O5/c1-11(2)25-13-7-5-6-12(10-13)16(21)18-19-17(22)14-8-3-4-9-15(14)20(23)24/h3-11H,1-2H3,(H,18,21)(H,19,22). The highest BCUT2D eigenvalue weighted by molar-refractivity contribution is 6.01. The Morgan fingerprint density at radius 3 is 2.40 bits per heavy atom. The Morgan fingerprint density at radius 1 is 1.04 bits per heavy atom. The van der Waals surface area contributed by atoms with Crippen LogP contribution in [0.4, 0.5) is 5.69 Å². The maximum atomic E-state index is 12.1. The van der Waals surface area contributed by atoms with Gasteiger partial charge < -0.3 is 4.74 Å². The summed E-state index contributed by atoms with van der Waals surface area (Å²) in [7, 11) is 0. The van der Waals surface area contributed by atoms with Crippen LogP contribution in [0.1, 0.15) is 34.6 Å². The van der Waals surface area contributed by atoms with Crippen molar-refractivity contribution in [3.8, 4) is 5.75 Å². The Bertz CT molecular complexity index is 804. The normalized spacial score (nSPS) is 10.2. The van der Waals surface area contributed by atoms with Crippen molar-refractivity contribution in [1.82, 2.24) is 10.9 Å². The quantitative estimate of drug-likeness (QED) is 0.640. The van der Waals surface area contributed by atoms with Crippen molar-refractivity contribution in [3.05, 3.63) is 69.8 Å². The van der Waals surface area contributed by atoms with E-state index in [1.807, 2.05) is 13.8 Å². The van der Waals surface area contributed by atoms with E-state index in [1.165, 1.54) is 30.3 Å². The van der Waals surface area contributed by atoms with E-state index in [2.05, 4.69) is 10.9 Å². The van der Waals surface area contributed by atoms with Crippen LogP contribution in [0.25, 0.3) is 0 Å². The highest BCUT2D eigenvalue weighted by Crippen LogP contribution is 2.17. The lowest BCUT2D eigenvalue weighted by Crippen LogP contribution is -2.41. The van der Waals surface area contributed by atoms with Gasteiger partial charge >= 0.3 is 0 Å². The maximum Gasteiger partial charge on any atom is 0.282 e. The average molecular weight is 343 g/mol. The number of hydrazine groups is 1. The fourth-order valence-corrected chi connectivity index (χ4v) is 2.06. The Balaban J connectivity index is 2.05. The molecule has 0 radical (unpaired) electrons. The third-order valence-electron chi connectivity index (χ3n) is 3.10. The number of rotatable bonds is 5. The van der Waals surface area contributed by atoms with Crippen LogP contribution in [-0.2, 0) is 0 Å². The van der Waals surface area contributed by atoms with E-state index in [4.69, 9.17) is 4.74 Å². The zero-order valence-electron chi connectivity index (χ0n) is 13.7. The lowest BCUT2D eigenvalue weighted by molar-refractivity contribution is -0.385. The molecule has 0 atom stereocenters. The summed E-state index contributed by atoms with van der Waals surface area (Å²) in [5, 5.41) is 10.9. The minimum Gasteiger partial charge on any atom is -0.491 e. The molecule has 8 nitrogen and oxygen atoms in total. The third kappa shape index (κ3) is 4.77. The number of hydrogen-bond acceptors (Lipinski definition) is 5. The lowest BCUT2D eigenvalue weighted by atomic mass is 10.2. The van der Waals surface area contributed by atoms with Crippen LogP contribution in [0.3, 0.4) is 0 Å². The Labute approximate surface area is 143 Å². The zero-order chi connectivity index (χ0) is 18.4. The van der Waals surface area contributed by atoms with Crippen molar-refractivity contribution in [2.45, 2.75) is 20.0 Å². The first-order valence-corrected chi connectivity index (χ1v) is 7.49. The molecule has 0 saturated carbocycles. The molecule has 2 rings (SSSR count). The van der Waals surface area contributed by atoms with Gasteiger partial charge in [-0.1, -0.05) is 18.2 Å². The summed E-state index contributed by atoms with van der Waals surface area (Å²) in [5.41, 5.74) is 4.18. The third-order valence-corrected chi connectivity index (χ3v) is 3.10. The van der Waals surface area contributed by atoms with Crippen molar-refractivity contribution in [2.24, 2.45) is 0 Å². The second-order valence-electron chi connectivity index (χ2n) is 5.38. The molecule has 0 heterocycles. The number of carbonyl (C=O) groups is 2. The van der Waals surface area contributed by atoms with Crippen LogP contribution in [0.15, 0.2) is 48.5 Å². The van der Waals surface area contributed by atoms with Crippen LogP contribution in [-0.4, -0.2) is 22.8 Å². The Hall–Kier alpha value is -3.42. The van der Waals surface area contributed by atoms with E-state index in [0.717, 1.165) is 0 Å². The summed E-state index contributed by atoms with van der Waals surface area (Å²) in [4.78, 5) is 34.5. The fraction of sp³-hybridized carbons (Fsp3) is 0.176. The van der Waals surface area contributed by atoms with Gasteiger partial charge in [0.1, 0.15) is 11.3 Å². The largest absolute Gasteiger partial charge is 0.491 e. The van der Waals surface area contributed by atoms with Crippen molar-refractivity contribution >= 4 is 17.5 Å². The molecular formula is C17H17N3O5. The number of amides is 2. The average Bonchev–Trinajstić information content (AvgIpc) is 2.59. The van der Waals surface area contributed by atoms with E-state index in [0.29, 0.717) is 5.75 Å². The van der Waals surface area contributed by atoms with Crippen molar-refractivity contribution < 1.29 is 19.2 Å². The summed E-state index contributed by atoms with van der Waals surface area (Å²) in [6.45, 7) is 3.72. The monoisotopic (exact) mass is 343 g/mol. The minimum atomic E-state index is -0.782. The summed E-state index contributed by atoms with van der Waals surface area (Å²) in [6.07, 6.45) is -0.0448. The first-order valence-electron chi connectivity index (χ1n) is 7.49. The van der Waals surface area contributed by atoms with Gasteiger partial charge in [0.05, 0.1) is 11.0 Å². The highest BCUT2D eigenvalue weighted by Gasteiger charge is 2.19. The van der Waals surface area contributed by atoms with Crippen molar-refractivity contribution in [1.29, 1.82) is 0 Å². The van der Waals surface area contributed by atoms with E-state index >= 15 is 0 Å². The fourth-order valence-electron chi connectivity index (χ4n) is 2.06. The molecule has 8 heteroatoms. The molecule has 0 saturated heterocycles. The van der Waals surface area contributed by atoms with Gasteiger partial charge in [-0.15, -0.1) is 0 Å². The Morgan fingerprint density at radius 2 is 1.72 bits per heavy atom. The lowest BCUT2D eigenvalue weighted by Gasteiger charge is -2.11. The molecule has 0 fully saturated rings. The molecule has 0 aliphatic rings. The number of nitrogens with zero attached hydrogens (tertiary/aromatic N) is 1. The highest BCUT2D eigenvalue weighted by atomic mass is 16.6. The minimum absolute atomic E-state index is 0.0448. The molecule has 2 amide bonds. The zero-order valence-corrected chi connectivity index (χ0v) is 13.7. The van der Waals surface area contributed by atoms with Crippen LogP contribution in [0.5, 0.6) is 5.75 Å². The Kier molecular flexibility index (Phi) is 5.67. The molecule has 0 spiro atoms. The molecule has 130 valence electrons. The van der Waals surface area contributed by atoms with Crippen LogP contribution in [0, 0.1) is 10.1 Å². The summed E-state index contributed by atoms with van der Waals surface area (Å²) in [5.74, 6) is -0.830. The van der Waals surface area contributed by atoms with Gasteiger partial charge in [0.15, 0.2) is 0 Å². The molecular weight excluding hydrogens is 326 g/mol. The first-order chi connectivity index (χ1) is 11.9. The predicted molar refractivity (Wildman–Crippen MR) is 90.2 cm³/mol. The molecule has 0 aliphatic carbocycles. The van der Waals surface area contributed by atoms with E-state index in [9.17, 15) is 19.7 Å². The van der Waals surface area contributed by atoms with Crippen molar-refractivity contribution in [3.63, 3.8) is 0 Å². The number of carbonyl (C=O) groups excluding carboxylic acids is 2. The smallest absolute Gasteiger partial charge is 0.282 e. The number of hydrogen-bond donors (Lipinski definition) is 2. The van der Waals surface area contributed by atoms with Gasteiger partial charge in [-0.3, -0.25) is 30.6 Å². The van der Waals surface area contributed by atoms with Gasteiger partial charge in [0.25, 0.3) is 17.5 Å². The second-order valence-corrected chi connectivity index (χ2v) is 5.38. The van der Waals surface area contributed by atoms with Gasteiger partial charge in [-0.2, -0.15) is 0 Å². The van der Waals surface area contributed by atoms with Crippen LogP contribution in [0.2, 0.25) is 0 Å². The summed E-state index contributed by atoms with van der Waals surface area (Å²) < 4.78 is 5.50. The molecule has 0 aromatic heterocycles. The molecule has 0 unspecified atom stereocenters. The molecule has 25 heavy (non-hydrogen) atoms. The number of ether oxygens (including phenoxy) is 1. The van der Waals surface area contributed by atoms with Gasteiger partial charge in [0.2, 0.25) is 0 Å². The second kappa shape index (κ2) is 7.91. The first kappa shape index (κ1) is 17.9. The SMILES string of the molecule is CC(C)Oc1cccc(C(=O)NNC(=O)c2ccccc2[N+](=O)[O-])c1. The van der Waals surface area contributed by atoms with E-state index < -0.39 is 16.7 Å². The topological polar surface area (TPSA) is 111 Å². The van der Waals surface area contributed by atoms with Gasteiger partial charge in [-0.05, 0) is 38.1 Å². The number of nitrogens with one attached hydrogen (secondary N) is 2. The predicted octanol–water partition coefficient (Wildman–Crippen LogP) is 2.46. The van der Waals surface area contributed by atoms with Crippen LogP contribution >= 0.6 is 0 Å². The summed E-state index contributed by atoms with van der Waals surface area (Å²) in [6, 6.07) is 11.9. The van der Waals surface area contributed by atoms with E-state index in [1.54, 1.807) is 18.2 Å². The number of para-hydroxylation sites is 1. The van der Waals surface area contributed by atoms with Gasteiger partial charge in [0, 0.05) is 11.6 Å².